The number of hydrogen-bond donors (Lipinski definition) is 2. The molecule has 1 atom stereocenters. The average molecular weight is 192 g/mol. The van der Waals surface area contributed by atoms with Gasteiger partial charge in [0.25, 0.3) is 0 Å². The number of anilines is 2. The number of hydrogen-bond acceptors (Lipinski definition) is 4. The van der Waals surface area contributed by atoms with Crippen molar-refractivity contribution in [3.8, 4) is 0 Å². The van der Waals surface area contributed by atoms with Crippen LogP contribution in [0.3, 0.4) is 0 Å². The molecule has 0 radical (unpaired) electrons. The van der Waals surface area contributed by atoms with Gasteiger partial charge in [0.2, 0.25) is 0 Å². The third kappa shape index (κ3) is 2.14. The maximum absolute atomic E-state index is 5.51. The lowest BCUT2D eigenvalue weighted by molar-refractivity contribution is 0.414. The maximum atomic E-state index is 5.51. The molecule has 0 saturated carbocycles. The van der Waals surface area contributed by atoms with E-state index in [-0.39, 0.29) is 0 Å². The quantitative estimate of drug-likeness (QED) is 0.727. The van der Waals surface area contributed by atoms with Gasteiger partial charge in [-0.05, 0) is 32.1 Å². The summed E-state index contributed by atoms with van der Waals surface area (Å²) in [4.78, 5) is 6.36. The zero-order valence-electron chi connectivity index (χ0n) is 8.40. The summed E-state index contributed by atoms with van der Waals surface area (Å²) in [6.45, 7) is 2.27. The first-order valence-corrected chi connectivity index (χ1v) is 4.90. The van der Waals surface area contributed by atoms with Gasteiger partial charge in [0.15, 0.2) is 0 Å². The smallest absolute Gasteiger partial charge is 0.123 e. The van der Waals surface area contributed by atoms with Crippen LogP contribution in [0.5, 0.6) is 0 Å². The summed E-state index contributed by atoms with van der Waals surface area (Å²) in [5.41, 5.74) is 6.56. The number of nitrogen functional groups attached to an aromatic ring is 1. The molecule has 2 rings (SSSR count). The van der Waals surface area contributed by atoms with Gasteiger partial charge in [-0.2, -0.15) is 0 Å². The Labute approximate surface area is 84.1 Å². The van der Waals surface area contributed by atoms with Crippen molar-refractivity contribution in [2.75, 3.05) is 31.2 Å². The van der Waals surface area contributed by atoms with Crippen LogP contribution in [0.1, 0.15) is 6.42 Å². The monoisotopic (exact) mass is 192 g/mol. The molecule has 14 heavy (non-hydrogen) atoms. The highest BCUT2D eigenvalue weighted by molar-refractivity contribution is 5.46. The zero-order valence-corrected chi connectivity index (χ0v) is 8.40. The summed E-state index contributed by atoms with van der Waals surface area (Å²) in [5, 5.41) is 3.44. The van der Waals surface area contributed by atoms with E-state index in [0.29, 0.717) is 11.9 Å². The van der Waals surface area contributed by atoms with Crippen molar-refractivity contribution in [1.29, 1.82) is 0 Å². The SMILES string of the molecule is CN1CCC(Nc2ccc(N)nc2)C1. The molecule has 1 aromatic heterocycles. The molecule has 1 aliphatic heterocycles. The second-order valence-electron chi connectivity index (χ2n) is 3.86. The number of nitrogens with two attached hydrogens (primary N) is 1. The van der Waals surface area contributed by atoms with Crippen molar-refractivity contribution < 1.29 is 0 Å². The minimum Gasteiger partial charge on any atom is -0.384 e. The molecule has 76 valence electrons. The standard InChI is InChI=1S/C10H16N4/c1-14-5-4-9(7-14)13-8-2-3-10(11)12-6-8/h2-3,6,9,13H,4-5,7H2,1H3,(H2,11,12). The predicted octanol–water partition coefficient (Wildman–Crippen LogP) is 0.780. The van der Waals surface area contributed by atoms with Gasteiger partial charge in [-0.25, -0.2) is 4.98 Å². The highest BCUT2D eigenvalue weighted by Gasteiger charge is 2.18. The predicted molar refractivity (Wildman–Crippen MR) is 58.2 cm³/mol. The topological polar surface area (TPSA) is 54.2 Å². The Balaban J connectivity index is 1.94. The van der Waals surface area contributed by atoms with E-state index >= 15 is 0 Å². The summed E-state index contributed by atoms with van der Waals surface area (Å²) in [5.74, 6) is 0.569. The third-order valence-corrected chi connectivity index (χ3v) is 2.55. The molecule has 1 saturated heterocycles. The van der Waals surface area contributed by atoms with Crippen molar-refractivity contribution in [2.24, 2.45) is 0 Å². The van der Waals surface area contributed by atoms with Gasteiger partial charge in [-0.1, -0.05) is 0 Å². The van der Waals surface area contributed by atoms with Gasteiger partial charge >= 0.3 is 0 Å². The van der Waals surface area contributed by atoms with Crippen molar-refractivity contribution in [2.45, 2.75) is 12.5 Å². The highest BCUT2D eigenvalue weighted by Crippen LogP contribution is 2.14. The van der Waals surface area contributed by atoms with Crippen LogP contribution >= 0.6 is 0 Å². The van der Waals surface area contributed by atoms with Crippen LogP contribution in [0.25, 0.3) is 0 Å². The van der Waals surface area contributed by atoms with Crippen LogP contribution in [0, 0.1) is 0 Å². The fourth-order valence-corrected chi connectivity index (χ4v) is 1.78. The molecule has 3 N–H and O–H groups in total. The summed E-state index contributed by atoms with van der Waals surface area (Å²) in [6, 6.07) is 4.34. The van der Waals surface area contributed by atoms with Crippen LogP contribution in [0.2, 0.25) is 0 Å². The normalized spacial score (nSPS) is 22.5. The Morgan fingerprint density at radius 1 is 1.57 bits per heavy atom. The van der Waals surface area contributed by atoms with Crippen molar-refractivity contribution >= 4 is 11.5 Å². The van der Waals surface area contributed by atoms with E-state index in [1.807, 2.05) is 12.1 Å². The number of nitrogens with one attached hydrogen (secondary N) is 1. The van der Waals surface area contributed by atoms with E-state index in [4.69, 9.17) is 5.73 Å². The first-order chi connectivity index (χ1) is 6.74. The Hall–Kier alpha value is -1.29. The lowest BCUT2D eigenvalue weighted by Gasteiger charge is -2.13. The number of nitrogens with zero attached hydrogens (tertiary/aromatic N) is 2. The number of rotatable bonds is 2. The summed E-state index contributed by atoms with van der Waals surface area (Å²) in [6.07, 6.45) is 2.98. The van der Waals surface area contributed by atoms with E-state index in [0.717, 1.165) is 12.2 Å². The molecule has 0 bridgehead atoms. The first-order valence-electron chi connectivity index (χ1n) is 4.90. The van der Waals surface area contributed by atoms with Crippen LogP contribution in [0.15, 0.2) is 18.3 Å². The summed E-state index contributed by atoms with van der Waals surface area (Å²) < 4.78 is 0. The van der Waals surface area contributed by atoms with E-state index in [2.05, 4.69) is 22.2 Å². The van der Waals surface area contributed by atoms with E-state index in [1.165, 1.54) is 13.0 Å². The number of pyridine rings is 1. The largest absolute Gasteiger partial charge is 0.384 e. The Bertz CT molecular complexity index is 295. The Morgan fingerprint density at radius 3 is 3.00 bits per heavy atom. The fourth-order valence-electron chi connectivity index (χ4n) is 1.78. The molecule has 4 nitrogen and oxygen atoms in total. The Morgan fingerprint density at radius 2 is 2.43 bits per heavy atom. The van der Waals surface area contributed by atoms with Crippen molar-refractivity contribution in [1.82, 2.24) is 9.88 Å². The molecule has 2 heterocycles. The third-order valence-electron chi connectivity index (χ3n) is 2.55. The van der Waals surface area contributed by atoms with Crippen LogP contribution in [0.4, 0.5) is 11.5 Å². The fraction of sp³-hybridized carbons (Fsp3) is 0.500. The van der Waals surface area contributed by atoms with Gasteiger partial charge in [-0.15, -0.1) is 0 Å². The minimum absolute atomic E-state index is 0.547. The molecule has 1 aromatic rings. The molecule has 0 aromatic carbocycles. The molecule has 1 unspecified atom stereocenters. The molecule has 1 aliphatic rings. The molecular formula is C10H16N4. The van der Waals surface area contributed by atoms with Gasteiger partial charge < -0.3 is 16.0 Å². The highest BCUT2D eigenvalue weighted by atomic mass is 15.2. The molecule has 4 heteroatoms. The molecule has 1 fully saturated rings. The van der Waals surface area contributed by atoms with Crippen LogP contribution in [-0.2, 0) is 0 Å². The minimum atomic E-state index is 0.547. The van der Waals surface area contributed by atoms with Gasteiger partial charge in [0.05, 0.1) is 11.9 Å². The van der Waals surface area contributed by atoms with Crippen LogP contribution < -0.4 is 11.1 Å². The molecule has 0 amide bonds. The summed E-state index contributed by atoms with van der Waals surface area (Å²) >= 11 is 0. The maximum Gasteiger partial charge on any atom is 0.123 e. The van der Waals surface area contributed by atoms with E-state index in [1.54, 1.807) is 6.20 Å². The number of likely N-dealkylation sites (tertiary alicyclic amines) is 1. The number of aromatic nitrogens is 1. The second-order valence-corrected chi connectivity index (χ2v) is 3.86. The second kappa shape index (κ2) is 3.84. The number of likely N-dealkylation sites (N-methyl/N-ethyl adjacent to an activating group) is 1. The molecule has 0 aliphatic carbocycles. The summed E-state index contributed by atoms with van der Waals surface area (Å²) in [7, 11) is 2.14. The van der Waals surface area contributed by atoms with Gasteiger partial charge in [-0.3, -0.25) is 0 Å². The lowest BCUT2D eigenvalue weighted by atomic mass is 10.2. The Kier molecular flexibility index (Phi) is 2.54. The van der Waals surface area contributed by atoms with Gasteiger partial charge in [0.1, 0.15) is 5.82 Å². The zero-order chi connectivity index (χ0) is 9.97. The van der Waals surface area contributed by atoms with E-state index < -0.39 is 0 Å². The molecular weight excluding hydrogens is 176 g/mol. The van der Waals surface area contributed by atoms with Gasteiger partial charge in [0, 0.05) is 12.6 Å². The average Bonchev–Trinajstić information content (AvgIpc) is 2.56. The van der Waals surface area contributed by atoms with E-state index in [9.17, 15) is 0 Å². The van der Waals surface area contributed by atoms with Crippen LogP contribution in [-0.4, -0.2) is 36.1 Å². The van der Waals surface area contributed by atoms with Crippen molar-refractivity contribution in [3.05, 3.63) is 18.3 Å². The lowest BCUT2D eigenvalue weighted by Crippen LogP contribution is -2.23. The molecule has 0 spiro atoms. The van der Waals surface area contributed by atoms with Crippen molar-refractivity contribution in [3.63, 3.8) is 0 Å². The first kappa shape index (κ1) is 9.27.